The van der Waals surface area contributed by atoms with Crippen molar-refractivity contribution in [3.63, 3.8) is 0 Å². The molecule has 1 aromatic heterocycles. The van der Waals surface area contributed by atoms with Crippen LogP contribution in [-0.2, 0) is 11.2 Å². The Morgan fingerprint density at radius 2 is 1.75 bits per heavy atom. The summed E-state index contributed by atoms with van der Waals surface area (Å²) in [6.07, 6.45) is 4.65. The van der Waals surface area contributed by atoms with Crippen molar-refractivity contribution in [2.75, 3.05) is 46.3 Å². The second-order valence-corrected chi connectivity index (χ2v) is 8.87. The second kappa shape index (κ2) is 10.2. The number of piperazine rings is 1. The zero-order valence-corrected chi connectivity index (χ0v) is 18.7. The maximum Gasteiger partial charge on any atom is 0.255 e. The van der Waals surface area contributed by atoms with E-state index in [4.69, 9.17) is 0 Å². The van der Waals surface area contributed by atoms with Gasteiger partial charge in [0.1, 0.15) is 5.82 Å². The van der Waals surface area contributed by atoms with Gasteiger partial charge >= 0.3 is 0 Å². The number of piperidine rings is 1. The lowest BCUT2D eigenvalue weighted by Crippen LogP contribution is -2.47. The summed E-state index contributed by atoms with van der Waals surface area (Å²) in [6.45, 7) is 4.69. The Labute approximate surface area is 189 Å². The molecule has 2 amide bonds. The number of nitrogens with zero attached hydrogens (tertiary/aromatic N) is 4. The van der Waals surface area contributed by atoms with Gasteiger partial charge in [-0.3, -0.25) is 14.6 Å². The third-order valence-corrected chi connectivity index (χ3v) is 6.56. The number of hydrogen-bond acceptors (Lipinski definition) is 4. The Bertz CT molecular complexity index is 924. The van der Waals surface area contributed by atoms with Crippen LogP contribution >= 0.6 is 0 Å². The van der Waals surface area contributed by atoms with Crippen molar-refractivity contribution in [1.82, 2.24) is 19.7 Å². The molecule has 6 nitrogen and oxygen atoms in total. The maximum atomic E-state index is 13.1. The van der Waals surface area contributed by atoms with Crippen LogP contribution in [0.2, 0.25) is 0 Å². The topological polar surface area (TPSA) is 56.8 Å². The van der Waals surface area contributed by atoms with E-state index in [1.165, 1.54) is 12.1 Å². The first-order valence-electron chi connectivity index (χ1n) is 11.5. The van der Waals surface area contributed by atoms with Crippen molar-refractivity contribution >= 4 is 11.8 Å². The number of likely N-dealkylation sites (N-methyl/N-ethyl adjacent to an activating group) is 1. The number of aromatic nitrogens is 1. The van der Waals surface area contributed by atoms with E-state index >= 15 is 0 Å². The predicted molar refractivity (Wildman–Crippen MR) is 121 cm³/mol. The van der Waals surface area contributed by atoms with Crippen LogP contribution in [0.15, 0.2) is 42.6 Å². The Morgan fingerprint density at radius 1 is 1.00 bits per heavy atom. The Hall–Kier alpha value is -2.80. The number of rotatable bonds is 5. The summed E-state index contributed by atoms with van der Waals surface area (Å²) in [5.74, 6) is 0.0910. The fraction of sp³-hybridized carbons (Fsp3) is 0.480. The molecule has 2 saturated heterocycles. The van der Waals surface area contributed by atoms with E-state index in [1.807, 2.05) is 21.9 Å². The molecule has 4 rings (SSSR count). The van der Waals surface area contributed by atoms with Crippen LogP contribution in [0, 0.1) is 5.82 Å². The lowest BCUT2D eigenvalue weighted by Gasteiger charge is -2.33. The minimum Gasteiger partial charge on any atom is -0.342 e. The number of amides is 2. The molecule has 7 heteroatoms. The van der Waals surface area contributed by atoms with Crippen molar-refractivity contribution in [3.8, 4) is 0 Å². The van der Waals surface area contributed by atoms with Crippen molar-refractivity contribution in [2.45, 2.75) is 31.6 Å². The van der Waals surface area contributed by atoms with Gasteiger partial charge in [-0.15, -0.1) is 0 Å². The zero-order valence-electron chi connectivity index (χ0n) is 18.7. The fourth-order valence-electron chi connectivity index (χ4n) is 4.47. The number of aryl methyl sites for hydroxylation is 1. The van der Waals surface area contributed by atoms with E-state index in [0.717, 1.165) is 56.8 Å². The summed E-state index contributed by atoms with van der Waals surface area (Å²) >= 11 is 0. The minimum atomic E-state index is -0.261. The van der Waals surface area contributed by atoms with Crippen LogP contribution in [-0.4, -0.2) is 77.8 Å². The van der Waals surface area contributed by atoms with E-state index in [2.05, 4.69) is 16.9 Å². The summed E-state index contributed by atoms with van der Waals surface area (Å²) in [4.78, 5) is 36.1. The first-order chi connectivity index (χ1) is 15.5. The number of carbonyl (C=O) groups excluding carboxylic acids is 2. The highest BCUT2D eigenvalue weighted by Crippen LogP contribution is 2.26. The molecule has 0 radical (unpaired) electrons. The van der Waals surface area contributed by atoms with E-state index in [1.54, 1.807) is 18.3 Å². The van der Waals surface area contributed by atoms with Crippen LogP contribution in [0.5, 0.6) is 0 Å². The average molecular weight is 439 g/mol. The van der Waals surface area contributed by atoms with Gasteiger partial charge in [-0.05, 0) is 56.1 Å². The molecule has 0 aliphatic carbocycles. The van der Waals surface area contributed by atoms with Crippen LogP contribution in [0.1, 0.15) is 46.8 Å². The monoisotopic (exact) mass is 438 g/mol. The quantitative estimate of drug-likeness (QED) is 0.720. The van der Waals surface area contributed by atoms with Crippen LogP contribution in [0.4, 0.5) is 4.39 Å². The third-order valence-electron chi connectivity index (χ3n) is 6.56. The van der Waals surface area contributed by atoms with Gasteiger partial charge in [-0.2, -0.15) is 0 Å². The van der Waals surface area contributed by atoms with Crippen molar-refractivity contribution < 1.29 is 14.0 Å². The molecule has 2 aliphatic rings. The van der Waals surface area contributed by atoms with Gasteiger partial charge < -0.3 is 14.7 Å². The van der Waals surface area contributed by atoms with Gasteiger partial charge in [-0.1, -0.05) is 12.1 Å². The van der Waals surface area contributed by atoms with Gasteiger partial charge in [0, 0.05) is 63.5 Å². The highest BCUT2D eigenvalue weighted by atomic mass is 19.1. The molecule has 3 heterocycles. The van der Waals surface area contributed by atoms with Gasteiger partial charge in [0.2, 0.25) is 5.91 Å². The molecule has 0 spiro atoms. The van der Waals surface area contributed by atoms with Gasteiger partial charge in [0.15, 0.2) is 0 Å². The molecular formula is C25H31FN4O2. The first kappa shape index (κ1) is 22.4. The summed E-state index contributed by atoms with van der Waals surface area (Å²) in [6, 6.07) is 10.1. The smallest absolute Gasteiger partial charge is 0.255 e. The van der Waals surface area contributed by atoms with E-state index in [-0.39, 0.29) is 23.5 Å². The zero-order chi connectivity index (χ0) is 22.5. The maximum absolute atomic E-state index is 13.1. The molecule has 0 N–H and O–H groups in total. The molecule has 0 saturated carbocycles. The third kappa shape index (κ3) is 5.51. The minimum absolute atomic E-state index is 0.0402. The van der Waals surface area contributed by atoms with Crippen LogP contribution in [0.3, 0.4) is 0 Å². The highest BCUT2D eigenvalue weighted by molar-refractivity contribution is 5.94. The SMILES string of the molecule is CN1CCN(C(=O)c2ccc([C@H]3CCCN(C(=O)CCc4ccc(F)cc4)C3)nc2)CC1. The van der Waals surface area contributed by atoms with Gasteiger partial charge in [0.25, 0.3) is 5.91 Å². The summed E-state index contributed by atoms with van der Waals surface area (Å²) in [7, 11) is 2.07. The molecule has 0 bridgehead atoms. The van der Waals surface area contributed by atoms with Crippen molar-refractivity contribution in [3.05, 3.63) is 65.2 Å². The van der Waals surface area contributed by atoms with Crippen LogP contribution < -0.4 is 0 Å². The Morgan fingerprint density at radius 3 is 2.44 bits per heavy atom. The Balaban J connectivity index is 1.32. The molecule has 170 valence electrons. The van der Waals surface area contributed by atoms with E-state index in [9.17, 15) is 14.0 Å². The molecule has 2 fully saturated rings. The first-order valence-corrected chi connectivity index (χ1v) is 11.5. The molecular weight excluding hydrogens is 407 g/mol. The number of benzene rings is 1. The second-order valence-electron chi connectivity index (χ2n) is 8.87. The molecule has 1 aromatic carbocycles. The number of halogens is 1. The number of pyridine rings is 1. The molecule has 0 unspecified atom stereocenters. The highest BCUT2D eigenvalue weighted by Gasteiger charge is 2.26. The molecule has 2 aliphatic heterocycles. The van der Waals surface area contributed by atoms with Crippen LogP contribution in [0.25, 0.3) is 0 Å². The van der Waals surface area contributed by atoms with Gasteiger partial charge in [-0.25, -0.2) is 4.39 Å². The largest absolute Gasteiger partial charge is 0.342 e. The lowest BCUT2D eigenvalue weighted by molar-refractivity contribution is -0.132. The van der Waals surface area contributed by atoms with E-state index in [0.29, 0.717) is 24.9 Å². The van der Waals surface area contributed by atoms with E-state index < -0.39 is 0 Å². The summed E-state index contributed by atoms with van der Waals surface area (Å²) < 4.78 is 13.1. The standard InChI is InChI=1S/C25H31FN4O2/c1-28-13-15-29(16-14-28)25(32)20-7-10-23(27-17-20)21-3-2-12-30(18-21)24(31)11-6-19-4-8-22(26)9-5-19/h4-5,7-10,17,21H,2-3,6,11-16,18H2,1H3/t21-/m0/s1. The van der Waals surface area contributed by atoms with Crippen molar-refractivity contribution in [1.29, 1.82) is 0 Å². The molecule has 32 heavy (non-hydrogen) atoms. The normalized spacial score (nSPS) is 19.8. The number of hydrogen-bond donors (Lipinski definition) is 0. The predicted octanol–water partition coefficient (Wildman–Crippen LogP) is 2.95. The Kier molecular flexibility index (Phi) is 7.15. The molecule has 2 aromatic rings. The summed E-state index contributed by atoms with van der Waals surface area (Å²) in [5.41, 5.74) is 2.54. The van der Waals surface area contributed by atoms with Crippen molar-refractivity contribution in [2.24, 2.45) is 0 Å². The summed E-state index contributed by atoms with van der Waals surface area (Å²) in [5, 5.41) is 0. The average Bonchev–Trinajstić information content (AvgIpc) is 2.84. The molecule has 1 atom stereocenters. The fourth-order valence-corrected chi connectivity index (χ4v) is 4.47. The number of likely N-dealkylation sites (tertiary alicyclic amines) is 1. The lowest BCUT2D eigenvalue weighted by atomic mass is 9.93. The number of carbonyl (C=O) groups is 2. The van der Waals surface area contributed by atoms with Gasteiger partial charge in [0.05, 0.1) is 5.56 Å².